The molecule has 12 nitrogen and oxygen atoms in total. The summed E-state index contributed by atoms with van der Waals surface area (Å²) in [6, 6.07) is -1.23. The van der Waals surface area contributed by atoms with Crippen molar-refractivity contribution >= 4 is 90.8 Å². The van der Waals surface area contributed by atoms with Crippen LogP contribution in [0.15, 0.2) is 0 Å². The molecule has 0 bridgehead atoms. The molecule has 3 N–H and O–H groups in total. The molecule has 0 heterocycles. The van der Waals surface area contributed by atoms with Crippen molar-refractivity contribution in [3.05, 3.63) is 0 Å². The molecule has 0 aromatic rings. The molecular weight excluding hydrogens is 608 g/mol. The number of esters is 1. The fourth-order valence-electron chi connectivity index (χ4n) is 3.42. The number of ether oxygens (including phenoxy) is 1. The Balaban J connectivity index is 5.51. The number of amides is 1. The molecule has 0 rings (SSSR count). The van der Waals surface area contributed by atoms with E-state index in [1.165, 1.54) is 6.92 Å². The Morgan fingerprint density at radius 1 is 0.718 bits per heavy atom. The van der Waals surface area contributed by atoms with Gasteiger partial charge in [-0.05, 0) is 59.2 Å². The number of carbonyl (C=O) groups is 8. The predicted molar refractivity (Wildman–Crippen MR) is 138 cm³/mol. The highest BCUT2D eigenvalue weighted by molar-refractivity contribution is 6.65. The lowest BCUT2D eigenvalue weighted by Gasteiger charge is -2.39. The summed E-state index contributed by atoms with van der Waals surface area (Å²) in [5.74, 6) is -3.75. The van der Waals surface area contributed by atoms with Gasteiger partial charge in [0.15, 0.2) is 11.6 Å². The van der Waals surface area contributed by atoms with Crippen molar-refractivity contribution in [2.45, 2.75) is 83.0 Å². The third-order valence-electron chi connectivity index (χ3n) is 5.79. The van der Waals surface area contributed by atoms with Gasteiger partial charge in [0.05, 0.1) is 11.8 Å². The number of halogens is 4. The second kappa shape index (κ2) is 18.4. The number of hydrogen-bond acceptors (Lipinski definition) is 11. The average Bonchev–Trinajstić information content (AvgIpc) is 2.86. The highest BCUT2D eigenvalue weighted by Crippen LogP contribution is 2.35. The van der Waals surface area contributed by atoms with Gasteiger partial charge in [-0.2, -0.15) is 0 Å². The molecule has 0 aromatic carbocycles. The third-order valence-corrected chi connectivity index (χ3v) is 6.62. The molecule has 0 saturated heterocycles. The van der Waals surface area contributed by atoms with Crippen LogP contribution in [0.3, 0.4) is 0 Å². The van der Waals surface area contributed by atoms with E-state index in [2.05, 4.69) is 5.32 Å². The van der Waals surface area contributed by atoms with Crippen LogP contribution >= 0.6 is 46.4 Å². The van der Waals surface area contributed by atoms with Crippen LogP contribution in [-0.4, -0.2) is 79.5 Å². The molecule has 1 amide bonds. The van der Waals surface area contributed by atoms with E-state index in [0.29, 0.717) is 0 Å². The Morgan fingerprint density at radius 3 is 1.56 bits per heavy atom. The zero-order valence-corrected chi connectivity index (χ0v) is 23.9. The van der Waals surface area contributed by atoms with E-state index in [9.17, 15) is 48.6 Å². The molecule has 0 aliphatic rings. The summed E-state index contributed by atoms with van der Waals surface area (Å²) >= 11 is 21.1. The van der Waals surface area contributed by atoms with Crippen molar-refractivity contribution < 1.29 is 53.3 Å². The summed E-state index contributed by atoms with van der Waals surface area (Å²) in [6.07, 6.45) is -7.85. The lowest BCUT2D eigenvalue weighted by Crippen LogP contribution is -2.55. The molecule has 220 valence electrons. The second-order valence-corrected chi connectivity index (χ2v) is 10.2. The average molecular weight is 637 g/mol. The number of aliphatic hydroxyl groups is 2. The van der Waals surface area contributed by atoms with Gasteiger partial charge in [0.2, 0.25) is 26.9 Å². The van der Waals surface area contributed by atoms with Crippen molar-refractivity contribution in [2.24, 2.45) is 5.41 Å². The van der Waals surface area contributed by atoms with Crippen LogP contribution in [-0.2, 0) is 43.1 Å². The molecule has 0 saturated carbocycles. The van der Waals surface area contributed by atoms with Gasteiger partial charge in [0, 0.05) is 38.5 Å². The molecule has 3 atom stereocenters. The number of hydrogen-bond donors (Lipinski definition) is 3. The van der Waals surface area contributed by atoms with Gasteiger partial charge in [0.1, 0.15) is 24.9 Å². The van der Waals surface area contributed by atoms with Gasteiger partial charge in [0.25, 0.3) is 0 Å². The predicted octanol–water partition coefficient (Wildman–Crippen LogP) is 1.45. The van der Waals surface area contributed by atoms with E-state index < -0.39 is 113 Å². The summed E-state index contributed by atoms with van der Waals surface area (Å²) in [5, 5.41) is 20.3. The van der Waals surface area contributed by atoms with Crippen LogP contribution in [0.4, 0.5) is 0 Å². The van der Waals surface area contributed by atoms with E-state index in [-0.39, 0.29) is 19.3 Å². The fraction of sp³-hybridized carbons (Fsp3) is 0.652. The lowest BCUT2D eigenvalue weighted by atomic mass is 9.71. The molecule has 0 aliphatic carbocycles. The van der Waals surface area contributed by atoms with Crippen molar-refractivity contribution in [1.29, 1.82) is 0 Å². The van der Waals surface area contributed by atoms with Crippen LogP contribution in [0.25, 0.3) is 0 Å². The molecule has 16 heteroatoms. The molecular formula is C23H29Cl4NO11. The minimum Gasteiger partial charge on any atom is -0.465 e. The summed E-state index contributed by atoms with van der Waals surface area (Å²) in [4.78, 5) is 93.9. The van der Waals surface area contributed by atoms with Crippen molar-refractivity contribution in [3.63, 3.8) is 0 Å². The highest BCUT2D eigenvalue weighted by atomic mass is 35.5. The van der Waals surface area contributed by atoms with Crippen LogP contribution in [0.2, 0.25) is 0 Å². The van der Waals surface area contributed by atoms with E-state index in [4.69, 9.17) is 51.1 Å². The number of carbonyl (C=O) groups excluding carboxylic acids is 8. The third kappa shape index (κ3) is 13.8. The van der Waals surface area contributed by atoms with Crippen molar-refractivity contribution in [1.82, 2.24) is 5.32 Å². The SMILES string of the molecule is CCC(COC(=O)CCC(=O)N[C@@H](CCC(=O)Cl)C(=O)Cl)([C@H](O)C(=O)CCC(=O)Cl)[C@H](O)C(=O)CCC(=O)Cl. The number of aliphatic hydroxyl groups excluding tert-OH is 2. The summed E-state index contributed by atoms with van der Waals surface area (Å²) in [7, 11) is 0. The topological polar surface area (TPSA) is 198 Å². The molecule has 0 radical (unpaired) electrons. The first-order valence-electron chi connectivity index (χ1n) is 11.7. The minimum atomic E-state index is -2.08. The quantitative estimate of drug-likeness (QED) is 0.122. The monoisotopic (exact) mass is 635 g/mol. The van der Waals surface area contributed by atoms with Crippen molar-refractivity contribution in [2.75, 3.05) is 6.61 Å². The maximum Gasteiger partial charge on any atom is 0.306 e. The number of Topliss-reactive ketones (excluding diaryl/α,β-unsaturated/α-hetero) is 2. The largest absolute Gasteiger partial charge is 0.465 e. The Morgan fingerprint density at radius 2 is 1.18 bits per heavy atom. The van der Waals surface area contributed by atoms with Crippen LogP contribution in [0.1, 0.15) is 64.7 Å². The molecule has 0 fully saturated rings. The maximum atomic E-state index is 12.5. The van der Waals surface area contributed by atoms with Gasteiger partial charge in [-0.1, -0.05) is 6.92 Å². The van der Waals surface area contributed by atoms with Crippen LogP contribution in [0.5, 0.6) is 0 Å². The van der Waals surface area contributed by atoms with Crippen molar-refractivity contribution in [3.8, 4) is 0 Å². The molecule has 0 aromatic heterocycles. The van der Waals surface area contributed by atoms with Gasteiger partial charge < -0.3 is 20.3 Å². The molecule has 39 heavy (non-hydrogen) atoms. The standard InChI is InChI=1S/C23H29Cl4NO11/c1-2-23(20(36)13(29)4-7-16(25)32,21(37)14(30)5-8-17(26)33)11-39-19(35)10-9-18(34)28-12(22(27)38)3-6-15(24)31/h12,20-21,36-37H,2-11H2,1H3,(H,28,34)/t12-,20+,21+/m0/s1. The summed E-state index contributed by atoms with van der Waals surface area (Å²) < 4.78 is 5.09. The maximum absolute atomic E-state index is 12.5. The summed E-state index contributed by atoms with van der Waals surface area (Å²) in [6.45, 7) is 0.538. The molecule has 0 spiro atoms. The van der Waals surface area contributed by atoms with Gasteiger partial charge in [-0.15, -0.1) is 0 Å². The Kier molecular flexibility index (Phi) is 17.5. The molecule has 0 aliphatic heterocycles. The van der Waals surface area contributed by atoms with E-state index in [0.717, 1.165) is 0 Å². The first-order valence-corrected chi connectivity index (χ1v) is 13.2. The number of rotatable bonds is 21. The van der Waals surface area contributed by atoms with E-state index in [1.807, 2.05) is 0 Å². The first kappa shape index (κ1) is 37.0. The number of ketones is 2. The second-order valence-electron chi connectivity index (χ2n) is 8.51. The Labute approximate surface area is 244 Å². The normalized spacial score (nSPS) is 13.5. The number of nitrogens with one attached hydrogen (secondary N) is 1. The fourth-order valence-corrected chi connectivity index (χ4v) is 3.88. The van der Waals surface area contributed by atoms with E-state index in [1.54, 1.807) is 0 Å². The van der Waals surface area contributed by atoms with Crippen LogP contribution in [0, 0.1) is 5.41 Å². The molecule has 0 unspecified atom stereocenters. The lowest BCUT2D eigenvalue weighted by molar-refractivity contribution is -0.170. The smallest absolute Gasteiger partial charge is 0.306 e. The Bertz CT molecular complexity index is 920. The minimum absolute atomic E-state index is 0.164. The van der Waals surface area contributed by atoms with Gasteiger partial charge in [-0.25, -0.2) is 0 Å². The first-order chi connectivity index (χ1) is 18.1. The highest BCUT2D eigenvalue weighted by Gasteiger charge is 2.50. The zero-order chi connectivity index (χ0) is 30.3. The van der Waals surface area contributed by atoms with Crippen LogP contribution < -0.4 is 5.32 Å². The van der Waals surface area contributed by atoms with Gasteiger partial charge >= 0.3 is 5.97 Å². The van der Waals surface area contributed by atoms with Gasteiger partial charge in [-0.3, -0.25) is 38.4 Å². The van der Waals surface area contributed by atoms with E-state index >= 15 is 0 Å². The zero-order valence-electron chi connectivity index (χ0n) is 20.9. The Hall–Kier alpha value is -1.96. The summed E-state index contributed by atoms with van der Waals surface area (Å²) in [5.41, 5.74) is -2.07.